The van der Waals surface area contributed by atoms with E-state index in [-0.39, 0.29) is 10.9 Å². The van der Waals surface area contributed by atoms with Gasteiger partial charge in [-0.25, -0.2) is 4.98 Å². The van der Waals surface area contributed by atoms with Crippen molar-refractivity contribution in [3.8, 4) is 0 Å². The number of carbonyl (C=O) groups excluding carboxylic acids is 1. The zero-order chi connectivity index (χ0) is 24.4. The SMILES string of the molecule is CC(C)C(C)(C)[Si](C)(C)O[C@H](c1cnc(NC(=O)C(C)(C)C)s1)[C@H](O)COS(C)(=O)=O. The average Bonchev–Trinajstić information content (AvgIpc) is 3.04. The number of nitrogens with one attached hydrogen (secondary N) is 1. The fraction of sp³-hybridized carbons (Fsp3) is 0.800. The van der Waals surface area contributed by atoms with Crippen molar-refractivity contribution in [2.24, 2.45) is 11.3 Å². The molecule has 0 saturated heterocycles. The second-order valence-electron chi connectivity index (χ2n) is 10.3. The molecule has 0 spiro atoms. The molecule has 0 bridgehead atoms. The lowest BCUT2D eigenvalue weighted by molar-refractivity contribution is -0.123. The normalized spacial score (nSPS) is 15.7. The highest BCUT2D eigenvalue weighted by atomic mass is 32.2. The van der Waals surface area contributed by atoms with Crippen LogP contribution in [0.4, 0.5) is 5.13 Å². The van der Waals surface area contributed by atoms with Gasteiger partial charge in [0.15, 0.2) is 13.4 Å². The minimum Gasteiger partial charge on any atom is -0.406 e. The molecule has 2 N–H and O–H groups in total. The molecule has 31 heavy (non-hydrogen) atoms. The first kappa shape index (κ1) is 28.2. The fourth-order valence-corrected chi connectivity index (χ4v) is 6.52. The number of hydrogen-bond donors (Lipinski definition) is 2. The molecule has 0 radical (unpaired) electrons. The highest BCUT2D eigenvalue weighted by molar-refractivity contribution is 7.85. The van der Waals surface area contributed by atoms with Crippen LogP contribution >= 0.6 is 11.3 Å². The predicted octanol–water partition coefficient (Wildman–Crippen LogP) is 4.16. The molecular weight excluding hydrogens is 456 g/mol. The number of amides is 1. The average molecular weight is 495 g/mol. The molecule has 1 rings (SSSR count). The Balaban J connectivity index is 3.24. The Kier molecular flexibility index (Phi) is 9.06. The maximum absolute atomic E-state index is 12.3. The Morgan fingerprint density at radius 3 is 2.26 bits per heavy atom. The van der Waals surface area contributed by atoms with Gasteiger partial charge in [-0.05, 0) is 24.1 Å². The summed E-state index contributed by atoms with van der Waals surface area (Å²) in [5, 5.41) is 13.9. The number of thiazole rings is 1. The van der Waals surface area contributed by atoms with Crippen molar-refractivity contribution >= 4 is 40.8 Å². The maximum Gasteiger partial charge on any atom is 0.264 e. The van der Waals surface area contributed by atoms with Gasteiger partial charge in [-0.1, -0.05) is 59.8 Å². The van der Waals surface area contributed by atoms with E-state index in [1.165, 1.54) is 11.3 Å². The Morgan fingerprint density at radius 2 is 1.81 bits per heavy atom. The number of aliphatic hydroxyl groups is 1. The third-order valence-electron chi connectivity index (χ3n) is 5.92. The minimum atomic E-state index is -3.72. The topological polar surface area (TPSA) is 115 Å². The molecule has 180 valence electrons. The lowest BCUT2D eigenvalue weighted by atomic mass is 9.96. The Morgan fingerprint density at radius 1 is 1.26 bits per heavy atom. The summed E-state index contributed by atoms with van der Waals surface area (Å²) in [4.78, 5) is 17.1. The summed E-state index contributed by atoms with van der Waals surface area (Å²) in [5.74, 6) is 0.157. The third kappa shape index (κ3) is 7.90. The molecule has 2 atom stereocenters. The van der Waals surface area contributed by atoms with Crippen LogP contribution in [0.5, 0.6) is 0 Å². The summed E-state index contributed by atoms with van der Waals surface area (Å²) in [6.45, 7) is 17.7. The predicted molar refractivity (Wildman–Crippen MR) is 127 cm³/mol. The number of aromatic nitrogens is 1. The zero-order valence-electron chi connectivity index (χ0n) is 20.3. The van der Waals surface area contributed by atoms with Crippen LogP contribution in [0.2, 0.25) is 18.1 Å². The summed E-state index contributed by atoms with van der Waals surface area (Å²) in [5.41, 5.74) is -0.583. The van der Waals surface area contributed by atoms with Crippen LogP contribution in [-0.4, -0.2) is 51.7 Å². The summed E-state index contributed by atoms with van der Waals surface area (Å²) in [6, 6.07) is 0. The minimum absolute atomic E-state index is 0.128. The fourth-order valence-electron chi connectivity index (χ4n) is 2.53. The molecule has 0 fully saturated rings. The van der Waals surface area contributed by atoms with Gasteiger partial charge in [0.2, 0.25) is 5.91 Å². The van der Waals surface area contributed by atoms with E-state index in [1.54, 1.807) is 27.0 Å². The quantitative estimate of drug-likeness (QED) is 0.371. The van der Waals surface area contributed by atoms with Crippen LogP contribution in [0.3, 0.4) is 0 Å². The molecule has 0 saturated carbocycles. The van der Waals surface area contributed by atoms with Crippen LogP contribution in [0.25, 0.3) is 0 Å². The van der Waals surface area contributed by atoms with Crippen LogP contribution in [-0.2, 0) is 23.5 Å². The highest BCUT2D eigenvalue weighted by Crippen LogP contribution is 2.47. The van der Waals surface area contributed by atoms with Gasteiger partial charge in [0.1, 0.15) is 12.2 Å². The first-order chi connectivity index (χ1) is 13.8. The zero-order valence-corrected chi connectivity index (χ0v) is 22.9. The molecular formula is C20H38N2O6S2Si. The van der Waals surface area contributed by atoms with Crippen LogP contribution in [0.1, 0.15) is 59.4 Å². The smallest absolute Gasteiger partial charge is 0.264 e. The highest BCUT2D eigenvalue weighted by Gasteiger charge is 2.46. The Labute approximate surface area is 192 Å². The van der Waals surface area contributed by atoms with E-state index >= 15 is 0 Å². The molecule has 1 heterocycles. The molecule has 0 aromatic carbocycles. The van der Waals surface area contributed by atoms with E-state index in [4.69, 9.17) is 8.61 Å². The number of anilines is 1. The van der Waals surface area contributed by atoms with Crippen molar-refractivity contribution in [2.45, 2.75) is 78.8 Å². The van der Waals surface area contributed by atoms with Gasteiger partial charge >= 0.3 is 0 Å². The van der Waals surface area contributed by atoms with Gasteiger partial charge in [-0.15, -0.1) is 0 Å². The lowest BCUT2D eigenvalue weighted by Crippen LogP contribution is -2.48. The third-order valence-corrected chi connectivity index (χ3v) is 12.0. The van der Waals surface area contributed by atoms with Gasteiger partial charge < -0.3 is 14.8 Å². The van der Waals surface area contributed by atoms with Gasteiger partial charge in [-0.2, -0.15) is 8.42 Å². The number of nitrogens with zero attached hydrogens (tertiary/aromatic N) is 1. The first-order valence-electron chi connectivity index (χ1n) is 10.3. The molecule has 0 aliphatic rings. The molecule has 8 nitrogen and oxygen atoms in total. The molecule has 1 amide bonds. The van der Waals surface area contributed by atoms with Crippen LogP contribution in [0.15, 0.2) is 6.20 Å². The number of carbonyl (C=O) groups is 1. The summed E-state index contributed by atoms with van der Waals surface area (Å²) in [7, 11) is -6.12. The first-order valence-corrected chi connectivity index (χ1v) is 15.8. The van der Waals surface area contributed by atoms with Gasteiger partial charge in [0.25, 0.3) is 10.1 Å². The van der Waals surface area contributed by atoms with Crippen LogP contribution in [0, 0.1) is 11.3 Å². The molecule has 0 unspecified atom stereocenters. The Hall–Kier alpha value is -0.853. The molecule has 0 aliphatic carbocycles. The van der Waals surface area contributed by atoms with E-state index < -0.39 is 42.7 Å². The largest absolute Gasteiger partial charge is 0.406 e. The number of hydrogen-bond acceptors (Lipinski definition) is 8. The molecule has 0 aliphatic heterocycles. The summed E-state index contributed by atoms with van der Waals surface area (Å²) in [6.07, 6.45) is 0.419. The standard InChI is InChI=1S/C20H38N2O6S2Si/c1-13(2)20(6,7)31(9,10)28-16(14(23)12-27-30(8,25)26)15-11-21-18(29-15)22-17(24)19(3,4)5/h11,13-14,16,23H,12H2,1-10H3,(H,21,22,24)/t14-,16+/m1/s1. The van der Waals surface area contributed by atoms with E-state index in [1.807, 2.05) is 0 Å². The van der Waals surface area contributed by atoms with E-state index in [9.17, 15) is 18.3 Å². The van der Waals surface area contributed by atoms with Crippen molar-refractivity contribution in [1.82, 2.24) is 4.98 Å². The molecule has 11 heteroatoms. The summed E-state index contributed by atoms with van der Waals surface area (Å²) < 4.78 is 34.2. The second-order valence-corrected chi connectivity index (χ2v) is 17.5. The Bertz CT molecular complexity index is 859. The van der Waals surface area contributed by atoms with Gasteiger partial charge in [0.05, 0.1) is 17.7 Å². The van der Waals surface area contributed by atoms with Crippen molar-refractivity contribution in [3.05, 3.63) is 11.1 Å². The van der Waals surface area contributed by atoms with Gasteiger partial charge in [-0.3, -0.25) is 8.98 Å². The van der Waals surface area contributed by atoms with E-state index in [2.05, 4.69) is 51.1 Å². The number of aliphatic hydroxyl groups excluding tert-OH is 1. The maximum atomic E-state index is 12.3. The van der Waals surface area contributed by atoms with Crippen molar-refractivity contribution in [2.75, 3.05) is 18.2 Å². The molecule has 1 aromatic heterocycles. The summed E-state index contributed by atoms with van der Waals surface area (Å²) >= 11 is 1.20. The van der Waals surface area contributed by atoms with Gasteiger partial charge in [0, 0.05) is 11.6 Å². The second kappa shape index (κ2) is 9.96. The number of rotatable bonds is 10. The van der Waals surface area contributed by atoms with E-state index in [0.29, 0.717) is 15.9 Å². The van der Waals surface area contributed by atoms with Crippen LogP contribution < -0.4 is 5.32 Å². The van der Waals surface area contributed by atoms with Crippen molar-refractivity contribution < 1.29 is 26.9 Å². The van der Waals surface area contributed by atoms with Crippen molar-refractivity contribution in [3.63, 3.8) is 0 Å². The van der Waals surface area contributed by atoms with Crippen molar-refractivity contribution in [1.29, 1.82) is 0 Å². The lowest BCUT2D eigenvalue weighted by Gasteiger charge is -2.44. The molecule has 1 aromatic rings. The monoisotopic (exact) mass is 494 g/mol. The van der Waals surface area contributed by atoms with E-state index in [0.717, 1.165) is 6.26 Å².